The molecule has 0 radical (unpaired) electrons. The van der Waals surface area contributed by atoms with Crippen LogP contribution >= 0.6 is 17.0 Å². The standard InChI is InChI=1S/C18H23NO.BrH/c1-14-12-18(20-3)15(2)11-17(14)13-19-10-9-16-7-5-4-6-8-16;/h4-8,11-12,19H,9-10,13H2,1-3H3;1H. The van der Waals surface area contributed by atoms with Gasteiger partial charge in [-0.25, -0.2) is 0 Å². The van der Waals surface area contributed by atoms with E-state index in [2.05, 4.69) is 61.6 Å². The van der Waals surface area contributed by atoms with E-state index in [-0.39, 0.29) is 17.0 Å². The van der Waals surface area contributed by atoms with Gasteiger partial charge in [-0.2, -0.15) is 0 Å². The first-order chi connectivity index (χ1) is 9.70. The maximum absolute atomic E-state index is 5.34. The van der Waals surface area contributed by atoms with E-state index in [0.29, 0.717) is 0 Å². The number of methoxy groups -OCH3 is 1. The van der Waals surface area contributed by atoms with E-state index in [1.807, 2.05) is 0 Å². The van der Waals surface area contributed by atoms with E-state index < -0.39 is 0 Å². The number of aryl methyl sites for hydroxylation is 2. The first-order valence-electron chi connectivity index (χ1n) is 7.09. The molecule has 0 unspecified atom stereocenters. The summed E-state index contributed by atoms with van der Waals surface area (Å²) in [5.74, 6) is 0.968. The van der Waals surface area contributed by atoms with E-state index in [9.17, 15) is 0 Å². The molecule has 21 heavy (non-hydrogen) atoms. The number of hydrogen-bond donors (Lipinski definition) is 1. The van der Waals surface area contributed by atoms with E-state index in [1.165, 1.54) is 22.3 Å². The summed E-state index contributed by atoms with van der Waals surface area (Å²) < 4.78 is 5.34. The molecule has 0 heterocycles. The molecule has 1 N–H and O–H groups in total. The zero-order chi connectivity index (χ0) is 14.4. The predicted octanol–water partition coefficient (Wildman–Crippen LogP) is 4.22. The lowest BCUT2D eigenvalue weighted by atomic mass is 10.0. The van der Waals surface area contributed by atoms with Crippen LogP contribution in [0.5, 0.6) is 5.75 Å². The summed E-state index contributed by atoms with van der Waals surface area (Å²) >= 11 is 0. The fourth-order valence-corrected chi connectivity index (χ4v) is 2.36. The summed E-state index contributed by atoms with van der Waals surface area (Å²) in [5, 5.41) is 3.51. The fourth-order valence-electron chi connectivity index (χ4n) is 2.36. The average molecular weight is 350 g/mol. The van der Waals surface area contributed by atoms with Crippen LogP contribution in [0.4, 0.5) is 0 Å². The highest BCUT2D eigenvalue weighted by atomic mass is 79.9. The maximum Gasteiger partial charge on any atom is 0.122 e. The SMILES string of the molecule is Br.COc1cc(C)c(CNCCc2ccccc2)cc1C. The lowest BCUT2D eigenvalue weighted by molar-refractivity contribution is 0.411. The second kappa shape index (κ2) is 8.85. The van der Waals surface area contributed by atoms with E-state index in [1.54, 1.807) is 7.11 Å². The van der Waals surface area contributed by atoms with Gasteiger partial charge in [-0.05, 0) is 55.1 Å². The van der Waals surface area contributed by atoms with Gasteiger partial charge in [-0.15, -0.1) is 17.0 Å². The third-order valence-electron chi connectivity index (χ3n) is 3.60. The van der Waals surface area contributed by atoms with Gasteiger partial charge in [0.1, 0.15) is 5.75 Å². The van der Waals surface area contributed by atoms with Gasteiger partial charge in [0.2, 0.25) is 0 Å². The first-order valence-corrected chi connectivity index (χ1v) is 7.09. The molecule has 0 saturated carbocycles. The van der Waals surface area contributed by atoms with Crippen molar-refractivity contribution in [3.63, 3.8) is 0 Å². The Bertz CT molecular complexity index is 555. The van der Waals surface area contributed by atoms with Crippen LogP contribution in [-0.4, -0.2) is 13.7 Å². The van der Waals surface area contributed by atoms with Gasteiger partial charge in [0.15, 0.2) is 0 Å². The van der Waals surface area contributed by atoms with Crippen molar-refractivity contribution in [2.45, 2.75) is 26.8 Å². The lowest BCUT2D eigenvalue weighted by Gasteiger charge is -2.12. The number of ether oxygens (including phenoxy) is 1. The third-order valence-corrected chi connectivity index (χ3v) is 3.60. The van der Waals surface area contributed by atoms with E-state index in [0.717, 1.165) is 25.3 Å². The van der Waals surface area contributed by atoms with Gasteiger partial charge in [0.05, 0.1) is 7.11 Å². The molecule has 0 saturated heterocycles. The molecule has 0 aliphatic rings. The molecule has 2 nitrogen and oxygen atoms in total. The van der Waals surface area contributed by atoms with Gasteiger partial charge in [0.25, 0.3) is 0 Å². The number of halogens is 1. The highest BCUT2D eigenvalue weighted by Crippen LogP contribution is 2.22. The molecule has 114 valence electrons. The van der Waals surface area contributed by atoms with Crippen LogP contribution in [0.1, 0.15) is 22.3 Å². The van der Waals surface area contributed by atoms with Crippen molar-refractivity contribution in [1.29, 1.82) is 0 Å². The Kier molecular flexibility index (Phi) is 7.48. The summed E-state index contributed by atoms with van der Waals surface area (Å²) in [6.07, 6.45) is 1.06. The average Bonchev–Trinajstić information content (AvgIpc) is 2.47. The predicted molar refractivity (Wildman–Crippen MR) is 94.6 cm³/mol. The van der Waals surface area contributed by atoms with Crippen LogP contribution in [0.2, 0.25) is 0 Å². The molecule has 0 aromatic heterocycles. The summed E-state index contributed by atoms with van der Waals surface area (Å²) in [5.41, 5.74) is 5.19. The summed E-state index contributed by atoms with van der Waals surface area (Å²) in [6.45, 7) is 6.12. The molecule has 0 fully saturated rings. The molecule has 0 spiro atoms. The molecule has 0 aliphatic heterocycles. The second-order valence-corrected chi connectivity index (χ2v) is 5.16. The maximum atomic E-state index is 5.34. The van der Waals surface area contributed by atoms with Crippen molar-refractivity contribution >= 4 is 17.0 Å². The smallest absolute Gasteiger partial charge is 0.122 e. The molecule has 3 heteroatoms. The topological polar surface area (TPSA) is 21.3 Å². The van der Waals surface area contributed by atoms with Gasteiger partial charge in [-0.1, -0.05) is 36.4 Å². The van der Waals surface area contributed by atoms with Crippen molar-refractivity contribution in [1.82, 2.24) is 5.32 Å². The Labute approximate surface area is 138 Å². The summed E-state index contributed by atoms with van der Waals surface area (Å²) in [6, 6.07) is 14.9. The quantitative estimate of drug-likeness (QED) is 0.788. The number of benzene rings is 2. The molecule has 0 bridgehead atoms. The Morgan fingerprint density at radius 3 is 2.38 bits per heavy atom. The Hall–Kier alpha value is -1.32. The molecule has 2 aromatic rings. The Balaban J connectivity index is 0.00000220. The van der Waals surface area contributed by atoms with Crippen LogP contribution in [0.15, 0.2) is 42.5 Å². The third kappa shape index (κ3) is 5.18. The number of hydrogen-bond acceptors (Lipinski definition) is 2. The molecule has 2 aromatic carbocycles. The van der Waals surface area contributed by atoms with Crippen molar-refractivity contribution in [3.05, 3.63) is 64.7 Å². The zero-order valence-corrected chi connectivity index (χ0v) is 14.7. The van der Waals surface area contributed by atoms with E-state index >= 15 is 0 Å². The Morgan fingerprint density at radius 1 is 1.00 bits per heavy atom. The van der Waals surface area contributed by atoms with Crippen LogP contribution in [-0.2, 0) is 13.0 Å². The minimum absolute atomic E-state index is 0. The molecule has 0 aliphatic carbocycles. The van der Waals surface area contributed by atoms with Crippen molar-refractivity contribution in [2.75, 3.05) is 13.7 Å². The molecular weight excluding hydrogens is 326 g/mol. The van der Waals surface area contributed by atoms with Gasteiger partial charge in [-0.3, -0.25) is 0 Å². The largest absolute Gasteiger partial charge is 0.496 e. The van der Waals surface area contributed by atoms with Crippen LogP contribution < -0.4 is 10.1 Å². The van der Waals surface area contributed by atoms with Crippen LogP contribution in [0.3, 0.4) is 0 Å². The zero-order valence-electron chi connectivity index (χ0n) is 13.0. The highest BCUT2D eigenvalue weighted by Gasteiger charge is 2.04. The highest BCUT2D eigenvalue weighted by molar-refractivity contribution is 8.93. The minimum atomic E-state index is 0. The van der Waals surface area contributed by atoms with Crippen molar-refractivity contribution in [2.24, 2.45) is 0 Å². The second-order valence-electron chi connectivity index (χ2n) is 5.16. The van der Waals surface area contributed by atoms with E-state index in [4.69, 9.17) is 4.74 Å². The monoisotopic (exact) mass is 349 g/mol. The molecule has 0 atom stereocenters. The Morgan fingerprint density at radius 2 is 1.71 bits per heavy atom. The summed E-state index contributed by atoms with van der Waals surface area (Å²) in [7, 11) is 1.72. The molecular formula is C18H24BrNO. The lowest BCUT2D eigenvalue weighted by Crippen LogP contribution is -2.17. The normalized spacial score (nSPS) is 10.0. The van der Waals surface area contributed by atoms with Crippen LogP contribution in [0, 0.1) is 13.8 Å². The number of nitrogens with one attached hydrogen (secondary N) is 1. The van der Waals surface area contributed by atoms with Crippen molar-refractivity contribution < 1.29 is 4.74 Å². The number of rotatable bonds is 6. The first kappa shape index (κ1) is 17.7. The van der Waals surface area contributed by atoms with Gasteiger partial charge < -0.3 is 10.1 Å². The van der Waals surface area contributed by atoms with Gasteiger partial charge in [0, 0.05) is 6.54 Å². The van der Waals surface area contributed by atoms with Crippen LogP contribution in [0.25, 0.3) is 0 Å². The fraction of sp³-hybridized carbons (Fsp3) is 0.333. The molecule has 0 amide bonds. The van der Waals surface area contributed by atoms with Gasteiger partial charge >= 0.3 is 0 Å². The molecule has 2 rings (SSSR count). The summed E-state index contributed by atoms with van der Waals surface area (Å²) in [4.78, 5) is 0. The van der Waals surface area contributed by atoms with Crippen molar-refractivity contribution in [3.8, 4) is 5.75 Å². The minimum Gasteiger partial charge on any atom is -0.496 e.